The molecule has 0 radical (unpaired) electrons. The third kappa shape index (κ3) is 4.84. The lowest BCUT2D eigenvalue weighted by atomic mass is 10.1. The Morgan fingerprint density at radius 2 is 1.87 bits per heavy atom. The molecule has 6 nitrogen and oxygen atoms in total. The summed E-state index contributed by atoms with van der Waals surface area (Å²) in [6, 6.07) is 13.4. The van der Waals surface area contributed by atoms with Gasteiger partial charge in [0, 0.05) is 27.2 Å². The molecule has 0 saturated carbocycles. The molecule has 158 valence electrons. The van der Waals surface area contributed by atoms with Crippen molar-refractivity contribution >= 4 is 60.8 Å². The molecule has 0 atom stereocenters. The third-order valence-corrected chi connectivity index (χ3v) is 6.90. The highest BCUT2D eigenvalue weighted by atomic mass is 79.9. The Labute approximate surface area is 196 Å². The van der Waals surface area contributed by atoms with E-state index in [-0.39, 0.29) is 11.7 Å². The summed E-state index contributed by atoms with van der Waals surface area (Å²) in [6.07, 6.45) is 1.54. The van der Waals surface area contributed by atoms with Crippen molar-refractivity contribution in [2.45, 2.75) is 5.03 Å². The van der Waals surface area contributed by atoms with Gasteiger partial charge in [-0.1, -0.05) is 39.8 Å². The number of thioether (sulfide) groups is 1. The highest BCUT2D eigenvalue weighted by Crippen LogP contribution is 2.38. The molecule has 0 bridgehead atoms. The first kappa shape index (κ1) is 21.6. The summed E-state index contributed by atoms with van der Waals surface area (Å²) in [5, 5.41) is 6.73. The van der Waals surface area contributed by atoms with Gasteiger partial charge >= 0.3 is 0 Å². The van der Waals surface area contributed by atoms with Gasteiger partial charge in [-0.2, -0.15) is 0 Å². The van der Waals surface area contributed by atoms with Crippen molar-refractivity contribution in [3.8, 4) is 22.6 Å². The summed E-state index contributed by atoms with van der Waals surface area (Å²) in [7, 11) is 3.13. The smallest absolute Gasteiger partial charge is 0.234 e. The average molecular weight is 516 g/mol. The fourth-order valence-corrected chi connectivity index (χ4v) is 5.10. The molecule has 1 N–H and O–H groups in total. The molecule has 1 amide bonds. The Kier molecular flexibility index (Phi) is 6.74. The number of aromatic nitrogens is 2. The van der Waals surface area contributed by atoms with Gasteiger partial charge in [-0.15, -0.1) is 11.3 Å². The number of carbonyl (C=O) groups is 1. The van der Waals surface area contributed by atoms with Gasteiger partial charge in [0.25, 0.3) is 0 Å². The number of nitrogens with zero attached hydrogens (tertiary/aromatic N) is 2. The van der Waals surface area contributed by atoms with Crippen molar-refractivity contribution in [2.75, 3.05) is 25.3 Å². The minimum Gasteiger partial charge on any atom is -0.493 e. The van der Waals surface area contributed by atoms with Gasteiger partial charge < -0.3 is 14.8 Å². The van der Waals surface area contributed by atoms with Crippen LogP contribution in [0.2, 0.25) is 0 Å². The van der Waals surface area contributed by atoms with Gasteiger partial charge in [0.1, 0.15) is 16.2 Å². The maximum absolute atomic E-state index is 12.6. The molecule has 4 aromatic rings. The van der Waals surface area contributed by atoms with Crippen LogP contribution in [0.25, 0.3) is 21.3 Å². The van der Waals surface area contributed by atoms with Gasteiger partial charge in [0.05, 0.1) is 25.4 Å². The monoisotopic (exact) mass is 515 g/mol. The summed E-state index contributed by atoms with van der Waals surface area (Å²) >= 11 is 6.43. The Hall–Kier alpha value is -2.62. The van der Waals surface area contributed by atoms with Crippen LogP contribution in [-0.2, 0) is 4.79 Å². The number of thiophene rings is 1. The standard InChI is InChI=1S/C22H18BrN3O3S2/c1-28-17-8-7-15(9-18(17)29-2)26-19(27)11-31-22-20-16(10-30-21(20)24-12-25-22)13-3-5-14(23)6-4-13/h3-10,12H,11H2,1-2H3,(H,26,27). The number of carbonyl (C=O) groups excluding carboxylic acids is 1. The van der Waals surface area contributed by atoms with Gasteiger partial charge in [-0.3, -0.25) is 4.79 Å². The molecule has 9 heteroatoms. The molecule has 4 rings (SSSR count). The Morgan fingerprint density at radius 3 is 2.61 bits per heavy atom. The predicted molar refractivity (Wildman–Crippen MR) is 129 cm³/mol. The summed E-state index contributed by atoms with van der Waals surface area (Å²) in [6.45, 7) is 0. The number of benzene rings is 2. The minimum absolute atomic E-state index is 0.135. The first-order chi connectivity index (χ1) is 15.1. The number of amides is 1. The summed E-state index contributed by atoms with van der Waals surface area (Å²) in [4.78, 5) is 22.3. The molecule has 0 spiro atoms. The molecule has 31 heavy (non-hydrogen) atoms. The molecule has 0 aliphatic heterocycles. The largest absolute Gasteiger partial charge is 0.493 e. The van der Waals surface area contributed by atoms with Crippen molar-refractivity contribution in [1.82, 2.24) is 9.97 Å². The molecule has 0 saturated heterocycles. The van der Waals surface area contributed by atoms with Crippen molar-refractivity contribution in [2.24, 2.45) is 0 Å². The molecular formula is C22H18BrN3O3S2. The number of anilines is 1. The van der Waals surface area contributed by atoms with Crippen molar-refractivity contribution in [3.05, 3.63) is 58.6 Å². The highest BCUT2D eigenvalue weighted by Gasteiger charge is 2.15. The van der Waals surface area contributed by atoms with Crippen molar-refractivity contribution < 1.29 is 14.3 Å². The highest BCUT2D eigenvalue weighted by molar-refractivity contribution is 9.10. The SMILES string of the molecule is COc1ccc(NC(=O)CSc2ncnc3scc(-c4ccc(Br)cc4)c23)cc1OC. The van der Waals surface area contributed by atoms with Crippen molar-refractivity contribution in [3.63, 3.8) is 0 Å². The number of hydrogen-bond acceptors (Lipinski definition) is 7. The number of hydrogen-bond donors (Lipinski definition) is 1. The molecule has 0 fully saturated rings. The number of rotatable bonds is 7. The van der Waals surface area contributed by atoms with Crippen molar-refractivity contribution in [1.29, 1.82) is 0 Å². The van der Waals surface area contributed by atoms with Crippen LogP contribution in [0.4, 0.5) is 5.69 Å². The number of halogens is 1. The van der Waals surface area contributed by atoms with Gasteiger partial charge in [0.2, 0.25) is 5.91 Å². The topological polar surface area (TPSA) is 73.3 Å². The number of methoxy groups -OCH3 is 2. The van der Waals surface area contributed by atoms with E-state index in [1.807, 2.05) is 12.1 Å². The average Bonchev–Trinajstić information content (AvgIpc) is 3.23. The van der Waals surface area contributed by atoms with Crippen LogP contribution in [0.5, 0.6) is 11.5 Å². The summed E-state index contributed by atoms with van der Waals surface area (Å²) in [5.41, 5.74) is 2.79. The normalized spacial score (nSPS) is 10.8. The quantitative estimate of drug-likeness (QED) is 0.245. The molecule has 0 aliphatic rings. The lowest BCUT2D eigenvalue weighted by Crippen LogP contribution is -2.14. The van der Waals surface area contributed by atoms with Gasteiger partial charge in [0.15, 0.2) is 11.5 Å². The van der Waals surface area contributed by atoms with E-state index in [0.717, 1.165) is 30.8 Å². The lowest BCUT2D eigenvalue weighted by molar-refractivity contribution is -0.113. The predicted octanol–water partition coefficient (Wildman–Crippen LogP) is 5.87. The van der Waals surface area contributed by atoms with E-state index in [9.17, 15) is 4.79 Å². The van der Waals surface area contributed by atoms with E-state index < -0.39 is 0 Å². The van der Waals surface area contributed by atoms with E-state index in [4.69, 9.17) is 9.47 Å². The van der Waals surface area contributed by atoms with Crippen LogP contribution in [0.3, 0.4) is 0 Å². The van der Waals surface area contributed by atoms with Gasteiger partial charge in [-0.25, -0.2) is 9.97 Å². The van der Waals surface area contributed by atoms with Crippen LogP contribution in [0.15, 0.2) is 63.7 Å². The molecular weight excluding hydrogens is 498 g/mol. The number of nitrogens with one attached hydrogen (secondary N) is 1. The van der Waals surface area contributed by atoms with E-state index >= 15 is 0 Å². The first-order valence-corrected chi connectivity index (χ1v) is 11.9. The number of fused-ring (bicyclic) bond motifs is 1. The maximum atomic E-state index is 12.6. The van der Waals surface area contributed by atoms with E-state index in [1.54, 1.807) is 50.1 Å². The fraction of sp³-hybridized carbons (Fsp3) is 0.136. The zero-order valence-electron chi connectivity index (χ0n) is 16.7. The van der Waals surface area contributed by atoms with Crippen LogP contribution < -0.4 is 14.8 Å². The zero-order valence-corrected chi connectivity index (χ0v) is 19.9. The summed E-state index contributed by atoms with van der Waals surface area (Å²) < 4.78 is 11.5. The second-order valence-electron chi connectivity index (χ2n) is 6.42. The molecule has 2 aromatic carbocycles. The van der Waals surface area contributed by atoms with E-state index in [0.29, 0.717) is 17.2 Å². The lowest BCUT2D eigenvalue weighted by Gasteiger charge is -2.10. The molecule has 0 unspecified atom stereocenters. The minimum atomic E-state index is -0.135. The van der Waals surface area contributed by atoms with Crippen LogP contribution in [-0.4, -0.2) is 35.8 Å². The molecule has 2 heterocycles. The Bertz CT molecular complexity index is 1230. The van der Waals surface area contributed by atoms with Crippen LogP contribution >= 0.6 is 39.0 Å². The second kappa shape index (κ2) is 9.67. The van der Waals surface area contributed by atoms with E-state index in [1.165, 1.54) is 11.8 Å². The zero-order chi connectivity index (χ0) is 21.8. The third-order valence-electron chi connectivity index (χ3n) is 4.50. The maximum Gasteiger partial charge on any atom is 0.234 e. The molecule has 2 aromatic heterocycles. The summed E-state index contributed by atoms with van der Waals surface area (Å²) in [5.74, 6) is 1.25. The molecule has 0 aliphatic carbocycles. The first-order valence-electron chi connectivity index (χ1n) is 9.22. The van der Waals surface area contributed by atoms with E-state index in [2.05, 4.69) is 48.7 Å². The number of ether oxygens (including phenoxy) is 2. The Morgan fingerprint density at radius 1 is 1.10 bits per heavy atom. The van der Waals surface area contributed by atoms with Gasteiger partial charge in [-0.05, 0) is 29.8 Å². The Balaban J connectivity index is 1.52. The second-order valence-corrected chi connectivity index (χ2v) is 9.16. The van der Waals surface area contributed by atoms with Crippen LogP contribution in [0, 0.1) is 0 Å². The van der Waals surface area contributed by atoms with Crippen LogP contribution in [0.1, 0.15) is 0 Å². The fourth-order valence-electron chi connectivity index (χ4n) is 3.04.